The first-order valence-electron chi connectivity index (χ1n) is 13.5. The molecule has 0 aliphatic heterocycles. The molecule has 0 bridgehead atoms. The Bertz CT molecular complexity index is 1540. The number of carbonyl (C=O) groups excluding carboxylic acids is 1. The van der Waals surface area contributed by atoms with Crippen LogP contribution in [0.3, 0.4) is 0 Å². The third-order valence-electron chi connectivity index (χ3n) is 7.88. The van der Waals surface area contributed by atoms with Crippen molar-refractivity contribution in [3.8, 4) is 5.69 Å². The van der Waals surface area contributed by atoms with Crippen molar-refractivity contribution < 1.29 is 4.79 Å². The van der Waals surface area contributed by atoms with E-state index >= 15 is 0 Å². The summed E-state index contributed by atoms with van der Waals surface area (Å²) >= 11 is 7.73. The molecule has 4 nitrogen and oxygen atoms in total. The standard InChI is InChI=1S/C33H36ClN3OS/c1-20-7-14-27(15-8-20)37-21(2)17-23(22(37)3)19-35-32-30(31(38)36-26-12-10-25(34)11-13-26)28-16-9-24(33(4,5)6)18-29(28)39-32/h7-8,10-15,17,19,24H,9,16,18H2,1-6H3,(H,36,38)/t24-/m1/s1. The molecule has 1 aliphatic rings. The highest BCUT2D eigenvalue weighted by molar-refractivity contribution is 7.16. The Kier molecular flexibility index (Phi) is 7.58. The number of halogens is 1. The number of hydrogen-bond donors (Lipinski definition) is 1. The quantitative estimate of drug-likeness (QED) is 0.244. The number of aromatic nitrogens is 1. The van der Waals surface area contributed by atoms with Gasteiger partial charge >= 0.3 is 0 Å². The minimum absolute atomic E-state index is 0.110. The summed E-state index contributed by atoms with van der Waals surface area (Å²) in [5.74, 6) is 0.474. The van der Waals surface area contributed by atoms with Crippen molar-refractivity contribution in [2.45, 2.75) is 60.8 Å². The van der Waals surface area contributed by atoms with Crippen molar-refractivity contribution >= 4 is 45.7 Å². The molecule has 5 rings (SSSR count). The zero-order valence-corrected chi connectivity index (χ0v) is 25.1. The number of anilines is 1. The molecule has 4 aromatic rings. The zero-order chi connectivity index (χ0) is 27.9. The van der Waals surface area contributed by atoms with Gasteiger partial charge in [0, 0.05) is 44.4 Å². The number of aliphatic imine (C=N–C) groups is 1. The molecule has 1 amide bonds. The van der Waals surface area contributed by atoms with Crippen molar-refractivity contribution in [3.63, 3.8) is 0 Å². The molecule has 0 radical (unpaired) electrons. The minimum Gasteiger partial charge on any atom is -0.322 e. The third-order valence-corrected chi connectivity index (χ3v) is 9.30. The van der Waals surface area contributed by atoms with E-state index in [0.717, 1.165) is 58.2 Å². The van der Waals surface area contributed by atoms with E-state index < -0.39 is 0 Å². The number of hydrogen-bond acceptors (Lipinski definition) is 3. The van der Waals surface area contributed by atoms with Gasteiger partial charge in [0.2, 0.25) is 0 Å². The van der Waals surface area contributed by atoms with E-state index in [0.29, 0.717) is 16.5 Å². The van der Waals surface area contributed by atoms with Crippen molar-refractivity contribution in [3.05, 3.63) is 98.1 Å². The highest BCUT2D eigenvalue weighted by Crippen LogP contribution is 2.45. The molecular formula is C33H36ClN3OS. The van der Waals surface area contributed by atoms with Crippen molar-refractivity contribution in [2.75, 3.05) is 5.32 Å². The van der Waals surface area contributed by atoms with E-state index in [-0.39, 0.29) is 11.3 Å². The van der Waals surface area contributed by atoms with Crippen LogP contribution in [0.25, 0.3) is 5.69 Å². The molecule has 0 unspecified atom stereocenters. The lowest BCUT2D eigenvalue weighted by atomic mass is 9.72. The largest absolute Gasteiger partial charge is 0.322 e. The SMILES string of the molecule is Cc1ccc(-n2c(C)cc(C=Nc3sc4c(c3C(=O)Nc3ccc(Cl)cc3)CC[C@@H](C(C)(C)C)C4)c2C)cc1. The average molecular weight is 558 g/mol. The van der Waals surface area contributed by atoms with E-state index in [1.54, 1.807) is 23.5 Å². The summed E-state index contributed by atoms with van der Waals surface area (Å²) in [6, 6.07) is 18.0. The molecule has 2 aromatic heterocycles. The zero-order valence-electron chi connectivity index (χ0n) is 23.6. The van der Waals surface area contributed by atoms with Crippen LogP contribution in [0.1, 0.15) is 70.5 Å². The molecule has 6 heteroatoms. The molecule has 0 saturated heterocycles. The molecule has 2 heterocycles. The van der Waals surface area contributed by atoms with Gasteiger partial charge in [0.15, 0.2) is 0 Å². The first-order valence-corrected chi connectivity index (χ1v) is 14.7. The van der Waals surface area contributed by atoms with E-state index in [9.17, 15) is 4.79 Å². The van der Waals surface area contributed by atoms with Crippen LogP contribution < -0.4 is 5.32 Å². The number of fused-ring (bicyclic) bond motifs is 1. The second-order valence-electron chi connectivity index (χ2n) is 11.7. The number of nitrogens with one attached hydrogen (secondary N) is 1. The highest BCUT2D eigenvalue weighted by Gasteiger charge is 2.33. The Hall–Kier alpha value is -3.15. The lowest BCUT2D eigenvalue weighted by Crippen LogP contribution is -2.27. The average Bonchev–Trinajstić information content (AvgIpc) is 3.39. The number of aryl methyl sites for hydroxylation is 2. The van der Waals surface area contributed by atoms with Gasteiger partial charge in [-0.1, -0.05) is 50.1 Å². The number of carbonyl (C=O) groups is 1. The maximum atomic E-state index is 13.7. The maximum absolute atomic E-state index is 13.7. The Morgan fingerprint density at radius 2 is 1.77 bits per heavy atom. The van der Waals surface area contributed by atoms with Gasteiger partial charge in [-0.2, -0.15) is 0 Å². The van der Waals surface area contributed by atoms with Crippen LogP contribution in [0.4, 0.5) is 10.7 Å². The maximum Gasteiger partial charge on any atom is 0.259 e. The molecule has 1 atom stereocenters. The smallest absolute Gasteiger partial charge is 0.259 e. The molecule has 0 saturated carbocycles. The molecule has 202 valence electrons. The van der Waals surface area contributed by atoms with E-state index in [4.69, 9.17) is 16.6 Å². The van der Waals surface area contributed by atoms with Crippen molar-refractivity contribution in [1.29, 1.82) is 0 Å². The summed E-state index contributed by atoms with van der Waals surface area (Å²) < 4.78 is 2.25. The third kappa shape index (κ3) is 5.75. The van der Waals surface area contributed by atoms with Gasteiger partial charge in [-0.05, 0) is 99.4 Å². The van der Waals surface area contributed by atoms with Crippen LogP contribution in [-0.4, -0.2) is 16.7 Å². The fourth-order valence-corrected chi connectivity index (χ4v) is 6.89. The molecule has 0 spiro atoms. The molecular weight excluding hydrogens is 522 g/mol. The Labute approximate surface area is 240 Å². The van der Waals surface area contributed by atoms with E-state index in [1.807, 2.05) is 18.3 Å². The molecule has 1 aliphatic carbocycles. The lowest BCUT2D eigenvalue weighted by Gasteiger charge is -2.33. The summed E-state index contributed by atoms with van der Waals surface area (Å²) in [6.45, 7) is 13.3. The normalized spacial score (nSPS) is 15.5. The highest BCUT2D eigenvalue weighted by atomic mass is 35.5. The fourth-order valence-electron chi connectivity index (χ4n) is 5.50. The van der Waals surface area contributed by atoms with Crippen LogP contribution >= 0.6 is 22.9 Å². The van der Waals surface area contributed by atoms with Crippen LogP contribution in [-0.2, 0) is 12.8 Å². The molecule has 2 aromatic carbocycles. The van der Waals surface area contributed by atoms with Crippen LogP contribution in [0.2, 0.25) is 5.02 Å². The Morgan fingerprint density at radius 1 is 1.08 bits per heavy atom. The summed E-state index contributed by atoms with van der Waals surface area (Å²) in [7, 11) is 0. The topological polar surface area (TPSA) is 46.4 Å². The van der Waals surface area contributed by atoms with Gasteiger partial charge in [-0.25, -0.2) is 4.99 Å². The van der Waals surface area contributed by atoms with Gasteiger partial charge in [0.05, 0.1) is 5.56 Å². The van der Waals surface area contributed by atoms with Crippen LogP contribution in [0.5, 0.6) is 0 Å². The molecule has 39 heavy (non-hydrogen) atoms. The van der Waals surface area contributed by atoms with Crippen LogP contribution in [0, 0.1) is 32.1 Å². The minimum atomic E-state index is -0.110. The van der Waals surface area contributed by atoms with Crippen molar-refractivity contribution in [2.24, 2.45) is 16.3 Å². The van der Waals surface area contributed by atoms with Gasteiger partial charge in [0.1, 0.15) is 5.00 Å². The molecule has 1 N–H and O–H groups in total. The number of thiophene rings is 1. The van der Waals surface area contributed by atoms with Gasteiger partial charge in [0.25, 0.3) is 5.91 Å². The number of amides is 1. The Balaban J connectivity index is 1.51. The summed E-state index contributed by atoms with van der Waals surface area (Å²) in [4.78, 5) is 19.9. The summed E-state index contributed by atoms with van der Waals surface area (Å²) in [5.41, 5.74) is 8.52. The van der Waals surface area contributed by atoms with Crippen molar-refractivity contribution in [1.82, 2.24) is 4.57 Å². The Morgan fingerprint density at radius 3 is 2.44 bits per heavy atom. The predicted molar refractivity (Wildman–Crippen MR) is 166 cm³/mol. The van der Waals surface area contributed by atoms with Gasteiger partial charge in [-0.15, -0.1) is 11.3 Å². The second kappa shape index (κ2) is 10.8. The molecule has 0 fully saturated rings. The first kappa shape index (κ1) is 27.4. The van der Waals surface area contributed by atoms with E-state index in [2.05, 4.69) is 81.8 Å². The fraction of sp³-hybridized carbons (Fsp3) is 0.333. The monoisotopic (exact) mass is 557 g/mol. The van der Waals surface area contributed by atoms with Crippen LogP contribution in [0.15, 0.2) is 59.6 Å². The second-order valence-corrected chi connectivity index (χ2v) is 13.2. The predicted octanol–water partition coefficient (Wildman–Crippen LogP) is 9.27. The number of nitrogens with zero attached hydrogens (tertiary/aromatic N) is 2. The lowest BCUT2D eigenvalue weighted by molar-refractivity contribution is 0.102. The first-order chi connectivity index (χ1) is 18.5. The van der Waals surface area contributed by atoms with E-state index in [1.165, 1.54) is 10.4 Å². The van der Waals surface area contributed by atoms with Gasteiger partial charge < -0.3 is 9.88 Å². The number of benzene rings is 2. The summed E-state index contributed by atoms with van der Waals surface area (Å²) in [5, 5.41) is 4.50. The van der Waals surface area contributed by atoms with Gasteiger partial charge in [-0.3, -0.25) is 4.79 Å². The summed E-state index contributed by atoms with van der Waals surface area (Å²) in [6.07, 6.45) is 4.89. The number of rotatable bonds is 5.